The van der Waals surface area contributed by atoms with Gasteiger partial charge >= 0.3 is 5.97 Å². The minimum absolute atomic E-state index is 0.189. The zero-order valence-electron chi connectivity index (χ0n) is 15.3. The third-order valence-electron chi connectivity index (χ3n) is 4.40. The first-order valence-corrected chi connectivity index (χ1v) is 9.02. The number of amides is 1. The molecule has 2 aromatic rings. The summed E-state index contributed by atoms with van der Waals surface area (Å²) < 4.78 is 11.9. The molecule has 1 unspecified atom stereocenters. The van der Waals surface area contributed by atoms with Gasteiger partial charge in [-0.1, -0.05) is 0 Å². The van der Waals surface area contributed by atoms with Gasteiger partial charge in [-0.05, 0) is 49.7 Å². The third-order valence-corrected chi connectivity index (χ3v) is 4.40. The molecule has 0 saturated carbocycles. The van der Waals surface area contributed by atoms with Crippen LogP contribution in [-0.2, 0) is 9.53 Å². The molecule has 27 heavy (non-hydrogen) atoms. The van der Waals surface area contributed by atoms with Crippen LogP contribution >= 0.6 is 0 Å². The topological polar surface area (TPSA) is 94.5 Å². The summed E-state index contributed by atoms with van der Waals surface area (Å²) in [5.74, 6) is 0.0465. The average Bonchev–Trinajstić information content (AvgIpc) is 3.20. The Labute approximate surface area is 157 Å². The highest BCUT2D eigenvalue weighted by Gasteiger charge is 2.17. The van der Waals surface area contributed by atoms with Gasteiger partial charge in [0.1, 0.15) is 5.75 Å². The summed E-state index contributed by atoms with van der Waals surface area (Å²) in [4.78, 5) is 23.4. The molecule has 1 atom stereocenters. The van der Waals surface area contributed by atoms with Crippen LogP contribution in [0.1, 0.15) is 35.8 Å². The quantitative estimate of drug-likeness (QED) is 0.722. The largest absolute Gasteiger partial charge is 0.493 e. The van der Waals surface area contributed by atoms with Gasteiger partial charge in [0.15, 0.2) is 5.69 Å². The fraction of sp³-hybridized carbons (Fsp3) is 0.421. The number of rotatable bonds is 7. The summed E-state index contributed by atoms with van der Waals surface area (Å²) in [6.45, 7) is 2.15. The number of methoxy groups -OCH3 is 1. The zero-order chi connectivity index (χ0) is 19.1. The number of esters is 1. The molecule has 1 aliphatic heterocycles. The van der Waals surface area contributed by atoms with Crippen LogP contribution < -0.4 is 15.4 Å². The molecule has 144 valence electrons. The van der Waals surface area contributed by atoms with E-state index in [2.05, 4.69) is 20.5 Å². The van der Waals surface area contributed by atoms with Crippen molar-refractivity contribution in [3.8, 4) is 5.75 Å². The van der Waals surface area contributed by atoms with Crippen molar-refractivity contribution < 1.29 is 19.1 Å². The van der Waals surface area contributed by atoms with Crippen LogP contribution in [0, 0.1) is 0 Å². The number of hydrogen-bond donors (Lipinski definition) is 2. The standard InChI is InChI=1S/C19H24N4O4/c1-26-18(24)9-12-27-16-6-4-14(5-7-16)21-19(25)17-8-11-23(22-17)15-3-2-10-20-13-15/h4-8,11,15,20H,2-3,9-10,12-13H2,1H3,(H,21,25). The van der Waals surface area contributed by atoms with Crippen molar-refractivity contribution in [2.24, 2.45) is 0 Å². The first-order chi connectivity index (χ1) is 13.2. The lowest BCUT2D eigenvalue weighted by Gasteiger charge is -2.22. The molecular formula is C19H24N4O4. The Morgan fingerprint density at radius 3 is 2.81 bits per heavy atom. The molecule has 2 N–H and O–H groups in total. The lowest BCUT2D eigenvalue weighted by molar-refractivity contribution is -0.141. The lowest BCUT2D eigenvalue weighted by atomic mass is 10.1. The molecule has 1 amide bonds. The maximum atomic E-state index is 12.4. The van der Waals surface area contributed by atoms with Gasteiger partial charge in [0.05, 0.1) is 26.2 Å². The Bertz CT molecular complexity index is 766. The molecule has 0 spiro atoms. The van der Waals surface area contributed by atoms with Crippen LogP contribution in [0.3, 0.4) is 0 Å². The van der Waals surface area contributed by atoms with Crippen LogP contribution in [0.25, 0.3) is 0 Å². The highest BCUT2D eigenvalue weighted by molar-refractivity contribution is 6.02. The van der Waals surface area contributed by atoms with Crippen molar-refractivity contribution in [2.75, 3.05) is 32.1 Å². The number of nitrogens with zero attached hydrogens (tertiary/aromatic N) is 2. The van der Waals surface area contributed by atoms with E-state index in [0.717, 1.165) is 25.9 Å². The predicted octanol–water partition coefficient (Wildman–Crippen LogP) is 2.00. The smallest absolute Gasteiger partial charge is 0.308 e. The minimum atomic E-state index is -0.317. The highest BCUT2D eigenvalue weighted by Crippen LogP contribution is 2.18. The van der Waals surface area contributed by atoms with Crippen LogP contribution in [0.2, 0.25) is 0 Å². The molecule has 8 nitrogen and oxygen atoms in total. The summed E-state index contributed by atoms with van der Waals surface area (Å²) in [5, 5.41) is 10.6. The Hall–Kier alpha value is -2.87. The van der Waals surface area contributed by atoms with Gasteiger partial charge in [0.2, 0.25) is 0 Å². The van der Waals surface area contributed by atoms with E-state index in [4.69, 9.17) is 4.74 Å². The number of nitrogens with one attached hydrogen (secondary N) is 2. The molecule has 1 fully saturated rings. The first-order valence-electron chi connectivity index (χ1n) is 9.02. The first kappa shape index (κ1) is 18.9. The molecule has 2 heterocycles. The lowest BCUT2D eigenvalue weighted by Crippen LogP contribution is -2.32. The molecule has 1 saturated heterocycles. The maximum absolute atomic E-state index is 12.4. The molecule has 0 bridgehead atoms. The van der Waals surface area contributed by atoms with Crippen molar-refractivity contribution in [3.05, 3.63) is 42.2 Å². The van der Waals surface area contributed by atoms with Crippen molar-refractivity contribution in [1.29, 1.82) is 0 Å². The summed E-state index contributed by atoms with van der Waals surface area (Å²) in [6.07, 6.45) is 4.21. The Balaban J connectivity index is 1.51. The van der Waals surface area contributed by atoms with Crippen molar-refractivity contribution in [3.63, 3.8) is 0 Å². The van der Waals surface area contributed by atoms with E-state index >= 15 is 0 Å². The molecule has 3 rings (SSSR count). The summed E-state index contributed by atoms with van der Waals surface area (Å²) in [7, 11) is 1.34. The zero-order valence-corrected chi connectivity index (χ0v) is 15.3. The van der Waals surface area contributed by atoms with Gasteiger partial charge in [-0.25, -0.2) is 0 Å². The number of carbonyl (C=O) groups is 2. The number of aromatic nitrogens is 2. The second kappa shape index (κ2) is 9.18. The van der Waals surface area contributed by atoms with Crippen LogP contribution in [0.15, 0.2) is 36.5 Å². The maximum Gasteiger partial charge on any atom is 0.308 e. The van der Waals surface area contributed by atoms with E-state index in [-0.39, 0.29) is 24.9 Å². The Kier molecular flexibility index (Phi) is 6.43. The average molecular weight is 372 g/mol. The molecule has 0 radical (unpaired) electrons. The van der Waals surface area contributed by atoms with Crippen molar-refractivity contribution >= 4 is 17.6 Å². The Morgan fingerprint density at radius 2 is 2.11 bits per heavy atom. The van der Waals surface area contributed by atoms with Gasteiger partial charge in [-0.15, -0.1) is 0 Å². The monoisotopic (exact) mass is 372 g/mol. The van der Waals surface area contributed by atoms with Crippen molar-refractivity contribution in [2.45, 2.75) is 25.3 Å². The molecule has 1 aromatic heterocycles. The van der Waals surface area contributed by atoms with E-state index in [0.29, 0.717) is 23.2 Å². The SMILES string of the molecule is COC(=O)CCOc1ccc(NC(=O)c2ccn(C3CCCNC3)n2)cc1. The number of ether oxygens (including phenoxy) is 2. The van der Waals surface area contributed by atoms with E-state index in [1.807, 2.05) is 10.9 Å². The van der Waals surface area contributed by atoms with Crippen molar-refractivity contribution in [1.82, 2.24) is 15.1 Å². The highest BCUT2D eigenvalue weighted by atomic mass is 16.5. The van der Waals surface area contributed by atoms with E-state index in [9.17, 15) is 9.59 Å². The summed E-state index contributed by atoms with van der Waals surface area (Å²) >= 11 is 0. The number of hydrogen-bond acceptors (Lipinski definition) is 6. The molecular weight excluding hydrogens is 348 g/mol. The second-order valence-electron chi connectivity index (χ2n) is 6.33. The second-order valence-corrected chi connectivity index (χ2v) is 6.33. The molecule has 0 aliphatic carbocycles. The number of benzene rings is 1. The van der Waals surface area contributed by atoms with E-state index in [1.165, 1.54) is 7.11 Å². The normalized spacial score (nSPS) is 16.6. The van der Waals surface area contributed by atoms with Crippen LogP contribution in [-0.4, -0.2) is 48.5 Å². The number of piperidine rings is 1. The van der Waals surface area contributed by atoms with Gasteiger partial charge in [0.25, 0.3) is 5.91 Å². The van der Waals surface area contributed by atoms with Gasteiger partial charge in [-0.2, -0.15) is 5.10 Å². The molecule has 1 aromatic carbocycles. The fourth-order valence-corrected chi connectivity index (χ4v) is 2.91. The Morgan fingerprint density at radius 1 is 1.30 bits per heavy atom. The van der Waals surface area contributed by atoms with Gasteiger partial charge < -0.3 is 20.1 Å². The fourth-order valence-electron chi connectivity index (χ4n) is 2.91. The van der Waals surface area contributed by atoms with E-state index < -0.39 is 0 Å². The number of anilines is 1. The van der Waals surface area contributed by atoms with Crippen LogP contribution in [0.5, 0.6) is 5.75 Å². The summed E-state index contributed by atoms with van der Waals surface area (Å²) in [5.41, 5.74) is 1.04. The van der Waals surface area contributed by atoms with Gasteiger partial charge in [-0.3, -0.25) is 14.3 Å². The predicted molar refractivity (Wildman–Crippen MR) is 99.9 cm³/mol. The third kappa shape index (κ3) is 5.30. The minimum Gasteiger partial charge on any atom is -0.493 e. The van der Waals surface area contributed by atoms with Gasteiger partial charge in [0, 0.05) is 18.4 Å². The number of carbonyl (C=O) groups excluding carboxylic acids is 2. The van der Waals surface area contributed by atoms with E-state index in [1.54, 1.807) is 30.3 Å². The summed E-state index contributed by atoms with van der Waals surface area (Å²) in [6, 6.07) is 8.98. The molecule has 8 heteroatoms. The molecule has 1 aliphatic rings. The van der Waals surface area contributed by atoms with Crippen LogP contribution in [0.4, 0.5) is 5.69 Å².